The average Bonchev–Trinajstić information content (AvgIpc) is 3.18. The largest absolute Gasteiger partial charge is 0.272 e. The van der Waals surface area contributed by atoms with Crippen LogP contribution in [0.25, 0.3) is 22.2 Å². The fourth-order valence-electron chi connectivity index (χ4n) is 2.88. The number of aromatic nitrogens is 1. The minimum Gasteiger partial charge on any atom is -0.267 e. The highest BCUT2D eigenvalue weighted by Gasteiger charge is 2.14. The van der Waals surface area contributed by atoms with Crippen LogP contribution in [0.5, 0.6) is 0 Å². The van der Waals surface area contributed by atoms with E-state index in [4.69, 9.17) is 16.6 Å². The first-order valence-corrected chi connectivity index (χ1v) is 9.87. The maximum atomic E-state index is 12.9. The zero-order valence-corrected chi connectivity index (χ0v) is 16.6. The van der Waals surface area contributed by atoms with Crippen molar-refractivity contribution in [1.82, 2.24) is 10.4 Å². The molecule has 28 heavy (non-hydrogen) atoms. The van der Waals surface area contributed by atoms with Crippen LogP contribution in [0.3, 0.4) is 0 Å². The number of fused-ring (bicyclic) bond motifs is 1. The summed E-state index contributed by atoms with van der Waals surface area (Å²) in [4.78, 5) is 18.5. The fourth-order valence-corrected chi connectivity index (χ4v) is 3.87. The van der Waals surface area contributed by atoms with Crippen LogP contribution in [0.1, 0.15) is 22.2 Å². The van der Waals surface area contributed by atoms with Gasteiger partial charge in [-0.1, -0.05) is 60.1 Å². The van der Waals surface area contributed by atoms with Gasteiger partial charge < -0.3 is 0 Å². The third-order valence-electron chi connectivity index (χ3n) is 4.29. The number of benzene rings is 2. The second kappa shape index (κ2) is 7.92. The molecule has 0 saturated carbocycles. The Morgan fingerprint density at radius 1 is 1.04 bits per heavy atom. The number of para-hydroxylation sites is 1. The first-order chi connectivity index (χ1) is 13.6. The van der Waals surface area contributed by atoms with Gasteiger partial charge in [0.15, 0.2) is 0 Å². The van der Waals surface area contributed by atoms with Crippen LogP contribution in [-0.4, -0.2) is 16.6 Å². The van der Waals surface area contributed by atoms with E-state index in [9.17, 15) is 4.79 Å². The third-order valence-corrected chi connectivity index (χ3v) is 5.63. The molecule has 0 aliphatic carbocycles. The van der Waals surface area contributed by atoms with Crippen molar-refractivity contribution in [3.8, 4) is 11.3 Å². The van der Waals surface area contributed by atoms with Crippen molar-refractivity contribution in [2.24, 2.45) is 5.10 Å². The van der Waals surface area contributed by atoms with Crippen molar-refractivity contribution >= 4 is 45.5 Å². The smallest absolute Gasteiger partial charge is 0.267 e. The second-order valence-corrected chi connectivity index (χ2v) is 7.90. The molecule has 0 radical (unpaired) electrons. The lowest BCUT2D eigenvalue weighted by Crippen LogP contribution is -2.19. The molecule has 1 N–H and O–H groups in total. The molecular formula is C22H16ClN3OS. The number of pyridine rings is 1. The van der Waals surface area contributed by atoms with E-state index in [0.29, 0.717) is 15.6 Å². The summed E-state index contributed by atoms with van der Waals surface area (Å²) in [6, 6.07) is 22.9. The molecule has 0 fully saturated rings. The molecule has 0 spiro atoms. The highest BCUT2D eigenvalue weighted by Crippen LogP contribution is 2.25. The van der Waals surface area contributed by atoms with Gasteiger partial charge in [-0.3, -0.25) is 4.79 Å². The summed E-state index contributed by atoms with van der Waals surface area (Å²) >= 11 is 7.39. The van der Waals surface area contributed by atoms with Crippen molar-refractivity contribution in [3.05, 3.63) is 87.6 Å². The summed E-state index contributed by atoms with van der Waals surface area (Å²) in [5, 5.41) is 5.03. The van der Waals surface area contributed by atoms with Crippen LogP contribution in [-0.2, 0) is 0 Å². The summed E-state index contributed by atoms with van der Waals surface area (Å²) in [5.74, 6) is -0.280. The van der Waals surface area contributed by atoms with Gasteiger partial charge in [-0.2, -0.15) is 5.10 Å². The zero-order valence-electron chi connectivity index (χ0n) is 15.0. The number of halogens is 1. The van der Waals surface area contributed by atoms with Crippen molar-refractivity contribution in [3.63, 3.8) is 0 Å². The number of nitrogens with zero attached hydrogens (tertiary/aromatic N) is 2. The summed E-state index contributed by atoms with van der Waals surface area (Å²) in [6.45, 7) is 1.84. The van der Waals surface area contributed by atoms with E-state index in [1.807, 2.05) is 73.7 Å². The summed E-state index contributed by atoms with van der Waals surface area (Å²) in [6.07, 6.45) is 0. The van der Waals surface area contributed by atoms with E-state index >= 15 is 0 Å². The van der Waals surface area contributed by atoms with Gasteiger partial charge in [0.05, 0.1) is 31.7 Å². The first kappa shape index (κ1) is 18.3. The molecule has 0 bridgehead atoms. The van der Waals surface area contributed by atoms with Crippen LogP contribution >= 0.6 is 22.9 Å². The molecule has 6 heteroatoms. The number of thiophene rings is 1. The zero-order chi connectivity index (χ0) is 19.5. The number of hydrogen-bond donors (Lipinski definition) is 1. The van der Waals surface area contributed by atoms with Crippen molar-refractivity contribution in [2.75, 3.05) is 0 Å². The molecule has 4 rings (SSSR count). The molecule has 4 nitrogen and oxygen atoms in total. The summed E-state index contributed by atoms with van der Waals surface area (Å²) in [5.41, 5.74) is 6.36. The van der Waals surface area contributed by atoms with Gasteiger partial charge in [0.1, 0.15) is 0 Å². The van der Waals surface area contributed by atoms with E-state index in [0.717, 1.165) is 27.0 Å². The Bertz CT molecular complexity index is 1180. The molecule has 0 aliphatic heterocycles. The van der Waals surface area contributed by atoms with Gasteiger partial charge in [-0.05, 0) is 31.2 Å². The van der Waals surface area contributed by atoms with Crippen LogP contribution in [0.15, 0.2) is 77.9 Å². The minimum absolute atomic E-state index is 0.280. The number of hydrazone groups is 1. The van der Waals surface area contributed by atoms with E-state index in [2.05, 4.69) is 10.5 Å². The topological polar surface area (TPSA) is 54.4 Å². The Morgan fingerprint density at radius 3 is 2.54 bits per heavy atom. The Balaban J connectivity index is 1.71. The highest BCUT2D eigenvalue weighted by molar-refractivity contribution is 7.18. The maximum Gasteiger partial charge on any atom is 0.272 e. The number of nitrogens with one attached hydrogen (secondary N) is 1. The van der Waals surface area contributed by atoms with E-state index in [1.54, 1.807) is 6.07 Å². The third kappa shape index (κ3) is 3.81. The Hall–Kier alpha value is -3.02. The number of carbonyl (C=O) groups excluding carboxylic acids is 1. The molecule has 2 heterocycles. The SMILES string of the molecule is C/C(=N/NC(=O)c1cc(-c2ccccc2)nc2ccccc12)c1ccc(Cl)s1. The standard InChI is InChI=1S/C22H16ClN3OS/c1-14(20-11-12-21(23)28-20)25-26-22(27)17-13-19(15-7-3-2-4-8-15)24-18-10-6-5-9-16(17)18/h2-13H,1H3,(H,26,27)/b25-14-. The van der Waals surface area contributed by atoms with Crippen molar-refractivity contribution in [1.29, 1.82) is 0 Å². The normalized spacial score (nSPS) is 11.6. The Morgan fingerprint density at radius 2 is 1.79 bits per heavy atom. The van der Waals surface area contributed by atoms with Gasteiger partial charge in [-0.25, -0.2) is 10.4 Å². The molecule has 0 atom stereocenters. The highest BCUT2D eigenvalue weighted by atomic mass is 35.5. The predicted molar refractivity (Wildman–Crippen MR) is 116 cm³/mol. The van der Waals surface area contributed by atoms with Gasteiger partial charge >= 0.3 is 0 Å². The lowest BCUT2D eigenvalue weighted by Gasteiger charge is -2.09. The summed E-state index contributed by atoms with van der Waals surface area (Å²) < 4.78 is 0.684. The number of rotatable bonds is 4. The fraction of sp³-hybridized carbons (Fsp3) is 0.0455. The molecule has 138 valence electrons. The molecule has 2 aromatic carbocycles. The van der Waals surface area contributed by atoms with Crippen molar-refractivity contribution in [2.45, 2.75) is 6.92 Å². The molecule has 0 aliphatic rings. The van der Waals surface area contributed by atoms with E-state index < -0.39 is 0 Å². The van der Waals surface area contributed by atoms with Gasteiger partial charge in [0.25, 0.3) is 5.91 Å². The van der Waals surface area contributed by atoms with E-state index in [-0.39, 0.29) is 5.91 Å². The molecule has 0 unspecified atom stereocenters. The molecule has 1 amide bonds. The van der Waals surface area contributed by atoms with Crippen LogP contribution in [0.4, 0.5) is 0 Å². The number of hydrogen-bond acceptors (Lipinski definition) is 4. The Labute approximate surface area is 171 Å². The summed E-state index contributed by atoms with van der Waals surface area (Å²) in [7, 11) is 0. The van der Waals surface area contributed by atoms with E-state index in [1.165, 1.54) is 11.3 Å². The van der Waals surface area contributed by atoms with Crippen LogP contribution < -0.4 is 5.43 Å². The van der Waals surface area contributed by atoms with Gasteiger partial charge in [0, 0.05) is 10.9 Å². The maximum absolute atomic E-state index is 12.9. The molecule has 0 saturated heterocycles. The van der Waals surface area contributed by atoms with Crippen molar-refractivity contribution < 1.29 is 4.79 Å². The Kier molecular flexibility index (Phi) is 5.19. The van der Waals surface area contributed by atoms with Crippen LogP contribution in [0.2, 0.25) is 4.34 Å². The predicted octanol–water partition coefficient (Wildman–Crippen LogP) is 5.77. The monoisotopic (exact) mass is 405 g/mol. The second-order valence-electron chi connectivity index (χ2n) is 6.18. The number of amides is 1. The minimum atomic E-state index is -0.280. The molecule has 4 aromatic rings. The molecular weight excluding hydrogens is 390 g/mol. The quantitative estimate of drug-likeness (QED) is 0.346. The van der Waals surface area contributed by atoms with Gasteiger partial charge in [0.2, 0.25) is 0 Å². The molecule has 2 aromatic heterocycles. The average molecular weight is 406 g/mol. The first-order valence-electron chi connectivity index (χ1n) is 8.67. The van der Waals surface area contributed by atoms with Gasteiger partial charge in [-0.15, -0.1) is 11.3 Å². The lowest BCUT2D eigenvalue weighted by molar-refractivity contribution is 0.0956. The van der Waals surface area contributed by atoms with Crippen LogP contribution in [0, 0.1) is 0 Å². The lowest BCUT2D eigenvalue weighted by atomic mass is 10.0. The number of carbonyl (C=O) groups is 1.